The van der Waals surface area contributed by atoms with Crippen LogP contribution >= 0.6 is 0 Å². The monoisotopic (exact) mass is 342 g/mol. The fraction of sp³-hybridized carbons (Fsp3) is 0.261. The summed E-state index contributed by atoms with van der Waals surface area (Å²) < 4.78 is 0. The van der Waals surface area contributed by atoms with Crippen LogP contribution in [0.25, 0.3) is 0 Å². The molecule has 1 saturated carbocycles. The first kappa shape index (κ1) is 15.4. The third-order valence-corrected chi connectivity index (χ3v) is 5.72. The van der Waals surface area contributed by atoms with Gasteiger partial charge in [-0.2, -0.15) is 0 Å². The first-order valence-corrected chi connectivity index (χ1v) is 9.45. The van der Waals surface area contributed by atoms with E-state index in [2.05, 4.69) is 70.7 Å². The van der Waals surface area contributed by atoms with Gasteiger partial charge in [0, 0.05) is 48.0 Å². The Morgan fingerprint density at radius 2 is 1.12 bits per heavy atom. The molecule has 0 spiro atoms. The smallest absolute Gasteiger partial charge is 0.187 e. The van der Waals surface area contributed by atoms with E-state index in [1.807, 2.05) is 0 Å². The van der Waals surface area contributed by atoms with Crippen molar-refractivity contribution in [3.8, 4) is 0 Å². The summed E-state index contributed by atoms with van der Waals surface area (Å²) in [6.45, 7) is 1.93. The van der Waals surface area contributed by atoms with E-state index >= 15 is 0 Å². The molecule has 0 radical (unpaired) electrons. The molecule has 1 aliphatic carbocycles. The number of allylic oxidation sites excluding steroid dienone is 2. The van der Waals surface area contributed by atoms with Gasteiger partial charge in [0.1, 0.15) is 0 Å². The molecule has 0 N–H and O–H groups in total. The summed E-state index contributed by atoms with van der Waals surface area (Å²) in [7, 11) is 0. The number of para-hydroxylation sites is 2. The zero-order valence-electron chi connectivity index (χ0n) is 14.8. The third-order valence-electron chi connectivity index (χ3n) is 5.72. The molecule has 3 heteroatoms. The van der Waals surface area contributed by atoms with Gasteiger partial charge < -0.3 is 9.80 Å². The van der Waals surface area contributed by atoms with E-state index < -0.39 is 0 Å². The van der Waals surface area contributed by atoms with Crippen LogP contribution in [0.4, 0.5) is 11.4 Å². The lowest BCUT2D eigenvalue weighted by Crippen LogP contribution is -2.16. The Labute approximate surface area is 154 Å². The van der Waals surface area contributed by atoms with Crippen molar-refractivity contribution in [1.82, 2.24) is 0 Å². The molecule has 26 heavy (non-hydrogen) atoms. The van der Waals surface area contributed by atoms with Crippen LogP contribution in [-0.2, 0) is 17.6 Å². The molecule has 0 unspecified atom stereocenters. The van der Waals surface area contributed by atoms with Gasteiger partial charge in [0.05, 0.1) is 0 Å². The van der Waals surface area contributed by atoms with Crippen molar-refractivity contribution in [3.05, 3.63) is 83.2 Å². The van der Waals surface area contributed by atoms with Crippen molar-refractivity contribution >= 4 is 17.2 Å². The van der Waals surface area contributed by atoms with Gasteiger partial charge in [-0.15, -0.1) is 0 Å². The van der Waals surface area contributed by atoms with E-state index in [1.54, 1.807) is 0 Å². The van der Waals surface area contributed by atoms with Gasteiger partial charge in [-0.1, -0.05) is 36.4 Å². The molecule has 2 aromatic carbocycles. The first-order valence-electron chi connectivity index (χ1n) is 9.45. The number of carbonyl (C=O) groups excluding carboxylic acids is 1. The molecule has 3 nitrogen and oxygen atoms in total. The second-order valence-electron chi connectivity index (χ2n) is 7.28. The van der Waals surface area contributed by atoms with Gasteiger partial charge in [-0.3, -0.25) is 4.79 Å². The highest BCUT2D eigenvalue weighted by Gasteiger charge is 2.27. The summed E-state index contributed by atoms with van der Waals surface area (Å²) in [5, 5.41) is 0. The maximum Gasteiger partial charge on any atom is 0.187 e. The quantitative estimate of drug-likeness (QED) is 0.763. The Kier molecular flexibility index (Phi) is 3.66. The van der Waals surface area contributed by atoms with Gasteiger partial charge in [-0.25, -0.2) is 0 Å². The zero-order valence-corrected chi connectivity index (χ0v) is 14.8. The number of Topliss-reactive ketones (excluding diaryl/α,β-unsaturated/α-hetero) is 1. The Balaban J connectivity index is 1.38. The lowest BCUT2D eigenvalue weighted by Gasteiger charge is -2.15. The van der Waals surface area contributed by atoms with E-state index in [1.165, 1.54) is 22.5 Å². The van der Waals surface area contributed by atoms with Gasteiger partial charge in [0.15, 0.2) is 5.78 Å². The number of hydrogen-bond acceptors (Lipinski definition) is 3. The second kappa shape index (κ2) is 6.17. The molecule has 0 bridgehead atoms. The van der Waals surface area contributed by atoms with Crippen LogP contribution in [0.15, 0.2) is 72.1 Å². The number of ketones is 1. The van der Waals surface area contributed by atoms with E-state index in [4.69, 9.17) is 0 Å². The van der Waals surface area contributed by atoms with Gasteiger partial charge in [0.2, 0.25) is 0 Å². The highest BCUT2D eigenvalue weighted by Crippen LogP contribution is 2.34. The lowest BCUT2D eigenvalue weighted by molar-refractivity contribution is -0.111. The van der Waals surface area contributed by atoms with Crippen molar-refractivity contribution in [2.45, 2.75) is 25.7 Å². The maximum absolute atomic E-state index is 12.9. The summed E-state index contributed by atoms with van der Waals surface area (Å²) in [4.78, 5) is 17.4. The van der Waals surface area contributed by atoms with Crippen LogP contribution in [0.2, 0.25) is 0 Å². The molecule has 0 saturated heterocycles. The average Bonchev–Trinajstić information content (AvgIpc) is 3.36. The van der Waals surface area contributed by atoms with Crippen LogP contribution in [0.3, 0.4) is 0 Å². The van der Waals surface area contributed by atoms with Gasteiger partial charge in [-0.05, 0) is 48.9 Å². The molecule has 0 aromatic heterocycles. The van der Waals surface area contributed by atoms with Gasteiger partial charge >= 0.3 is 0 Å². The predicted molar refractivity (Wildman–Crippen MR) is 105 cm³/mol. The molecular formula is C23H22N2O. The van der Waals surface area contributed by atoms with Crippen LogP contribution in [0, 0.1) is 0 Å². The SMILES string of the molecule is O=C1C(=CN2CCc3ccccc32)CCC1=CN1CCc2ccccc21. The summed E-state index contributed by atoms with van der Waals surface area (Å²) in [5.74, 6) is 0.221. The molecule has 1 fully saturated rings. The average molecular weight is 342 g/mol. The minimum Gasteiger partial charge on any atom is -0.347 e. The molecule has 2 aromatic rings. The van der Waals surface area contributed by atoms with Crippen LogP contribution in [-0.4, -0.2) is 18.9 Å². The van der Waals surface area contributed by atoms with Crippen molar-refractivity contribution in [2.75, 3.05) is 22.9 Å². The zero-order chi connectivity index (χ0) is 17.5. The Morgan fingerprint density at radius 1 is 0.654 bits per heavy atom. The van der Waals surface area contributed by atoms with E-state index in [0.29, 0.717) is 0 Å². The largest absolute Gasteiger partial charge is 0.347 e. The first-order chi connectivity index (χ1) is 12.8. The number of hydrogen-bond donors (Lipinski definition) is 0. The Hall–Kier alpha value is -2.81. The highest BCUT2D eigenvalue weighted by atomic mass is 16.1. The van der Waals surface area contributed by atoms with Crippen LogP contribution in [0.5, 0.6) is 0 Å². The van der Waals surface area contributed by atoms with Crippen molar-refractivity contribution in [2.24, 2.45) is 0 Å². The van der Waals surface area contributed by atoms with Crippen molar-refractivity contribution in [3.63, 3.8) is 0 Å². The molecule has 5 rings (SSSR count). The molecule has 0 amide bonds. The minimum atomic E-state index is 0.221. The number of anilines is 2. The molecule has 2 heterocycles. The molecular weight excluding hydrogens is 320 g/mol. The molecule has 0 atom stereocenters. The molecule has 130 valence electrons. The summed E-state index contributed by atoms with van der Waals surface area (Å²) in [5.41, 5.74) is 7.14. The van der Waals surface area contributed by atoms with Crippen LogP contribution < -0.4 is 9.80 Å². The summed E-state index contributed by atoms with van der Waals surface area (Å²) >= 11 is 0. The standard InChI is InChI=1S/C23H22N2O/c26-23-19(15-24-13-11-17-5-1-3-7-21(17)24)9-10-20(23)16-25-14-12-18-6-2-4-8-22(18)25/h1-8,15-16H,9-14H2. The fourth-order valence-electron chi connectivity index (χ4n) is 4.32. The number of fused-ring (bicyclic) bond motifs is 2. The second-order valence-corrected chi connectivity index (χ2v) is 7.28. The lowest BCUT2D eigenvalue weighted by atomic mass is 10.1. The predicted octanol–water partition coefficient (Wildman–Crippen LogP) is 4.24. The van der Waals surface area contributed by atoms with Gasteiger partial charge in [0.25, 0.3) is 0 Å². The molecule has 3 aliphatic rings. The number of nitrogens with zero attached hydrogens (tertiary/aromatic N) is 2. The van der Waals surface area contributed by atoms with Crippen LogP contribution in [0.1, 0.15) is 24.0 Å². The number of rotatable bonds is 2. The normalized spacial score (nSPS) is 21.8. The maximum atomic E-state index is 12.9. The Bertz CT molecular complexity index is 865. The summed E-state index contributed by atoms with van der Waals surface area (Å²) in [6.07, 6.45) is 7.99. The minimum absolute atomic E-state index is 0.221. The topological polar surface area (TPSA) is 23.6 Å². The van der Waals surface area contributed by atoms with Crippen molar-refractivity contribution < 1.29 is 4.79 Å². The van der Waals surface area contributed by atoms with Crippen molar-refractivity contribution in [1.29, 1.82) is 0 Å². The molecule has 2 aliphatic heterocycles. The Morgan fingerprint density at radius 3 is 1.62 bits per heavy atom. The van der Waals surface area contributed by atoms with E-state index in [9.17, 15) is 4.79 Å². The number of benzene rings is 2. The highest BCUT2D eigenvalue weighted by molar-refractivity contribution is 6.11. The third kappa shape index (κ3) is 2.55. The van der Waals surface area contributed by atoms with E-state index in [-0.39, 0.29) is 5.78 Å². The van der Waals surface area contributed by atoms with E-state index in [0.717, 1.165) is 49.9 Å². The number of carbonyl (C=O) groups is 1. The fourth-order valence-corrected chi connectivity index (χ4v) is 4.32. The summed E-state index contributed by atoms with van der Waals surface area (Å²) in [6, 6.07) is 17.0.